The van der Waals surface area contributed by atoms with E-state index in [-0.39, 0.29) is 11.8 Å². The molecule has 6 heteroatoms. The van der Waals surface area contributed by atoms with Gasteiger partial charge in [0, 0.05) is 5.56 Å². The van der Waals surface area contributed by atoms with E-state index < -0.39 is 19.0 Å². The molecule has 208 valence electrons. The Bertz CT molecular complexity index is 1080. The number of hydrogen-bond donors (Lipinski definition) is 0. The lowest BCUT2D eigenvalue weighted by molar-refractivity contribution is 0.0221. The Hall–Kier alpha value is -1.81. The number of phosphoric acid groups is 1. The summed E-state index contributed by atoms with van der Waals surface area (Å²) in [5.74, 6) is 1.77. The second-order valence-electron chi connectivity index (χ2n) is 12.8. The molecule has 0 spiro atoms. The SMILES string of the molecule is COc1ccc(C)c(-c2c(C(C)C)cc(C(C)C)cc2C(C)C)c1OP(=O)(OC(C)(C)C)OC(C)(C)C. The molecule has 0 fully saturated rings. The zero-order valence-electron chi connectivity index (χ0n) is 25.5. The molecule has 0 radical (unpaired) electrons. The van der Waals surface area contributed by atoms with Gasteiger partial charge in [0.2, 0.25) is 0 Å². The first-order chi connectivity index (χ1) is 16.8. The highest BCUT2D eigenvalue weighted by Crippen LogP contribution is 2.59. The zero-order valence-corrected chi connectivity index (χ0v) is 26.4. The molecule has 0 amide bonds. The Morgan fingerprint density at radius 2 is 1.19 bits per heavy atom. The van der Waals surface area contributed by atoms with Gasteiger partial charge in [-0.3, -0.25) is 9.05 Å². The fraction of sp³-hybridized carbons (Fsp3) is 0.613. The first kappa shape index (κ1) is 31.4. The summed E-state index contributed by atoms with van der Waals surface area (Å²) in [6, 6.07) is 8.47. The first-order valence-electron chi connectivity index (χ1n) is 13.4. The van der Waals surface area contributed by atoms with E-state index in [1.807, 2.05) is 60.6 Å². The molecule has 2 rings (SSSR count). The van der Waals surface area contributed by atoms with Gasteiger partial charge in [-0.1, -0.05) is 59.7 Å². The van der Waals surface area contributed by atoms with Crippen molar-refractivity contribution < 1.29 is 22.9 Å². The van der Waals surface area contributed by atoms with Crippen molar-refractivity contribution in [2.75, 3.05) is 7.11 Å². The summed E-state index contributed by atoms with van der Waals surface area (Å²) < 4.78 is 38.4. The van der Waals surface area contributed by atoms with E-state index >= 15 is 0 Å². The van der Waals surface area contributed by atoms with Crippen LogP contribution in [0, 0.1) is 6.92 Å². The maximum Gasteiger partial charge on any atom is 0.531 e. The monoisotopic (exact) mass is 532 g/mol. The largest absolute Gasteiger partial charge is 0.531 e. The van der Waals surface area contributed by atoms with Crippen LogP contribution in [-0.2, 0) is 13.6 Å². The summed E-state index contributed by atoms with van der Waals surface area (Å²) in [7, 11) is -2.48. The van der Waals surface area contributed by atoms with Crippen molar-refractivity contribution in [1.29, 1.82) is 0 Å². The van der Waals surface area contributed by atoms with Crippen LogP contribution < -0.4 is 9.26 Å². The van der Waals surface area contributed by atoms with Crippen LogP contribution in [0.3, 0.4) is 0 Å². The van der Waals surface area contributed by atoms with Gasteiger partial charge in [0.1, 0.15) is 0 Å². The number of rotatable bonds is 9. The number of benzene rings is 2. The Kier molecular flexibility index (Phi) is 9.77. The normalized spacial score (nSPS) is 13.1. The van der Waals surface area contributed by atoms with Crippen LogP contribution in [0.4, 0.5) is 0 Å². The molecule has 0 atom stereocenters. The van der Waals surface area contributed by atoms with E-state index in [1.54, 1.807) is 7.11 Å². The van der Waals surface area contributed by atoms with Crippen LogP contribution in [0.15, 0.2) is 24.3 Å². The van der Waals surface area contributed by atoms with Gasteiger partial charge in [0.05, 0.1) is 18.3 Å². The number of methoxy groups -OCH3 is 1. The number of aryl methyl sites for hydroxylation is 1. The summed E-state index contributed by atoms with van der Waals surface area (Å²) >= 11 is 0. The van der Waals surface area contributed by atoms with Gasteiger partial charge in [-0.25, -0.2) is 4.57 Å². The smallest absolute Gasteiger partial charge is 0.493 e. The molecular weight excluding hydrogens is 483 g/mol. The van der Waals surface area contributed by atoms with Crippen LogP contribution in [0.25, 0.3) is 11.1 Å². The van der Waals surface area contributed by atoms with E-state index in [9.17, 15) is 4.57 Å². The van der Waals surface area contributed by atoms with E-state index in [1.165, 1.54) is 16.7 Å². The molecule has 0 bridgehead atoms. The van der Waals surface area contributed by atoms with Crippen molar-refractivity contribution >= 4 is 7.82 Å². The highest BCUT2D eigenvalue weighted by Gasteiger charge is 2.40. The van der Waals surface area contributed by atoms with Crippen molar-refractivity contribution in [3.8, 4) is 22.6 Å². The molecule has 0 aliphatic carbocycles. The van der Waals surface area contributed by atoms with Crippen molar-refractivity contribution in [2.45, 2.75) is 119 Å². The van der Waals surface area contributed by atoms with Gasteiger partial charge in [-0.2, -0.15) is 0 Å². The second kappa shape index (κ2) is 11.5. The summed E-state index contributed by atoms with van der Waals surface area (Å²) in [5, 5.41) is 0. The van der Waals surface area contributed by atoms with Crippen molar-refractivity contribution in [3.05, 3.63) is 46.5 Å². The Morgan fingerprint density at radius 1 is 0.730 bits per heavy atom. The lowest BCUT2D eigenvalue weighted by Gasteiger charge is -2.32. The molecule has 0 heterocycles. The molecular formula is C31H49O5P. The van der Waals surface area contributed by atoms with Crippen molar-refractivity contribution in [3.63, 3.8) is 0 Å². The summed E-state index contributed by atoms with van der Waals surface area (Å²) in [6.45, 7) is 26.3. The highest BCUT2D eigenvalue weighted by molar-refractivity contribution is 7.49. The molecule has 0 aliphatic rings. The summed E-state index contributed by atoms with van der Waals surface area (Å²) in [5.41, 5.74) is 5.17. The summed E-state index contributed by atoms with van der Waals surface area (Å²) in [6.07, 6.45) is 0. The zero-order chi connectivity index (χ0) is 28.5. The van der Waals surface area contributed by atoms with Crippen molar-refractivity contribution in [1.82, 2.24) is 0 Å². The molecule has 2 aromatic carbocycles. The topological polar surface area (TPSA) is 54.0 Å². The maximum absolute atomic E-state index is 14.2. The number of ether oxygens (including phenoxy) is 1. The van der Waals surface area contributed by atoms with Gasteiger partial charge in [-0.05, 0) is 100 Å². The molecule has 2 aromatic rings. The first-order valence-corrected chi connectivity index (χ1v) is 14.8. The van der Waals surface area contributed by atoms with Crippen LogP contribution in [-0.4, -0.2) is 18.3 Å². The fourth-order valence-electron chi connectivity index (χ4n) is 4.31. The van der Waals surface area contributed by atoms with E-state index in [0.29, 0.717) is 17.4 Å². The average molecular weight is 533 g/mol. The highest BCUT2D eigenvalue weighted by atomic mass is 31.2. The van der Waals surface area contributed by atoms with Crippen LogP contribution in [0.2, 0.25) is 0 Å². The lowest BCUT2D eigenvalue weighted by Crippen LogP contribution is -2.25. The predicted octanol–water partition coefficient (Wildman–Crippen LogP) is 10.2. The summed E-state index contributed by atoms with van der Waals surface area (Å²) in [4.78, 5) is 0. The van der Waals surface area contributed by atoms with E-state index in [2.05, 4.69) is 53.7 Å². The molecule has 0 aliphatic heterocycles. The van der Waals surface area contributed by atoms with Crippen molar-refractivity contribution in [2.24, 2.45) is 0 Å². The third-order valence-electron chi connectivity index (χ3n) is 5.91. The fourth-order valence-corrected chi connectivity index (χ4v) is 6.17. The average Bonchev–Trinajstić information content (AvgIpc) is 2.70. The quantitative estimate of drug-likeness (QED) is 0.301. The van der Waals surface area contributed by atoms with Crippen LogP contribution >= 0.6 is 7.82 Å². The molecule has 0 N–H and O–H groups in total. The second-order valence-corrected chi connectivity index (χ2v) is 14.2. The van der Waals surface area contributed by atoms with Gasteiger partial charge in [0.15, 0.2) is 11.5 Å². The number of hydrogen-bond acceptors (Lipinski definition) is 5. The molecule has 0 saturated carbocycles. The third-order valence-corrected chi connectivity index (χ3v) is 7.86. The lowest BCUT2D eigenvalue weighted by atomic mass is 9.80. The minimum atomic E-state index is -4.07. The number of phosphoric ester groups is 1. The molecule has 5 nitrogen and oxygen atoms in total. The Labute approximate surface area is 225 Å². The molecule has 0 saturated heterocycles. The Balaban J connectivity index is 2.99. The van der Waals surface area contributed by atoms with Crippen LogP contribution in [0.5, 0.6) is 11.5 Å². The predicted molar refractivity (Wildman–Crippen MR) is 155 cm³/mol. The molecule has 0 unspecified atom stereocenters. The van der Waals surface area contributed by atoms with Gasteiger partial charge >= 0.3 is 7.82 Å². The van der Waals surface area contributed by atoms with Crippen LogP contribution in [0.1, 0.15) is 123 Å². The van der Waals surface area contributed by atoms with Gasteiger partial charge in [-0.15, -0.1) is 0 Å². The minimum absolute atomic E-state index is 0.258. The molecule has 0 aromatic heterocycles. The van der Waals surface area contributed by atoms with Gasteiger partial charge in [0.25, 0.3) is 0 Å². The molecule has 37 heavy (non-hydrogen) atoms. The minimum Gasteiger partial charge on any atom is -0.493 e. The Morgan fingerprint density at radius 3 is 1.54 bits per heavy atom. The standard InChI is InChI=1S/C31H49O5P/c1-19(2)23-17-24(20(3)4)28(25(18-23)21(5)6)27-22(7)15-16-26(33-14)29(27)34-37(32,35-30(8,9)10)36-31(11,12)13/h15-21H,1-14H3. The maximum atomic E-state index is 14.2. The van der Waals surface area contributed by atoms with Gasteiger partial charge < -0.3 is 9.26 Å². The third kappa shape index (κ3) is 8.09. The van der Waals surface area contributed by atoms with E-state index in [0.717, 1.165) is 16.7 Å². The van der Waals surface area contributed by atoms with E-state index in [4.69, 9.17) is 18.3 Å².